The molecule has 6 heteroatoms. The molecule has 0 saturated carbocycles. The van der Waals surface area contributed by atoms with Gasteiger partial charge in [0.2, 0.25) is 5.95 Å². The first-order valence-electron chi connectivity index (χ1n) is 9.19. The summed E-state index contributed by atoms with van der Waals surface area (Å²) in [6.07, 6.45) is 2.40. The van der Waals surface area contributed by atoms with Gasteiger partial charge in [0.15, 0.2) is 5.78 Å². The number of para-hydroxylation sites is 1. The number of nitrogens with one attached hydrogen (secondary N) is 2. The quantitative estimate of drug-likeness (QED) is 0.641. The Balaban J connectivity index is 1.62. The zero-order valence-corrected chi connectivity index (χ0v) is 15.2. The van der Waals surface area contributed by atoms with E-state index in [2.05, 4.69) is 20.6 Å². The van der Waals surface area contributed by atoms with Crippen LogP contribution >= 0.6 is 0 Å². The van der Waals surface area contributed by atoms with Crippen LogP contribution in [0.15, 0.2) is 48.5 Å². The van der Waals surface area contributed by atoms with Crippen molar-refractivity contribution in [1.29, 1.82) is 0 Å². The summed E-state index contributed by atoms with van der Waals surface area (Å²) in [5.41, 5.74) is 2.29. The van der Waals surface area contributed by atoms with Crippen LogP contribution in [0, 0.1) is 0 Å². The second-order valence-corrected chi connectivity index (χ2v) is 6.69. The van der Waals surface area contributed by atoms with Gasteiger partial charge in [-0.25, -0.2) is 4.98 Å². The van der Waals surface area contributed by atoms with Gasteiger partial charge in [-0.2, -0.15) is 4.98 Å². The number of nitrogens with zero attached hydrogens (tertiary/aromatic N) is 2. The lowest BCUT2D eigenvalue weighted by atomic mass is 10.1. The average Bonchev–Trinajstić information content (AvgIpc) is 3.20. The summed E-state index contributed by atoms with van der Waals surface area (Å²) in [7, 11) is 0. The molecule has 2 heterocycles. The highest BCUT2D eigenvalue weighted by molar-refractivity contribution is 5.95. The topological polar surface area (TPSA) is 76.1 Å². The average molecular weight is 362 g/mol. The molecular weight excluding hydrogens is 340 g/mol. The Hall–Kier alpha value is -2.99. The number of Topliss-reactive ketones (excluding diaryl/α,β-unsaturated/α-hetero) is 1. The number of ketones is 1. The lowest BCUT2D eigenvalue weighted by Gasteiger charge is -2.14. The molecule has 27 heavy (non-hydrogen) atoms. The van der Waals surface area contributed by atoms with E-state index in [1.807, 2.05) is 36.4 Å². The van der Waals surface area contributed by atoms with Gasteiger partial charge in [-0.1, -0.05) is 24.3 Å². The minimum absolute atomic E-state index is 0.0250. The standard InChI is InChI=1S/C21H22N4O2/c1-14(26)15-6-4-7-16(12-15)23-21-24-19-10-3-2-9-18(19)20(25-21)22-13-17-8-5-11-27-17/h2-4,6-7,9-10,12,17H,5,8,11,13H2,1H3,(H2,22,23,24,25)/t17-/m0/s1. The van der Waals surface area contributed by atoms with E-state index in [1.54, 1.807) is 19.1 Å². The third-order valence-electron chi connectivity index (χ3n) is 4.65. The molecule has 2 N–H and O–H groups in total. The van der Waals surface area contributed by atoms with Crippen LogP contribution in [0.3, 0.4) is 0 Å². The Morgan fingerprint density at radius 1 is 1.19 bits per heavy atom. The van der Waals surface area contributed by atoms with E-state index in [9.17, 15) is 4.79 Å². The van der Waals surface area contributed by atoms with E-state index in [4.69, 9.17) is 4.74 Å². The van der Waals surface area contributed by atoms with Gasteiger partial charge in [-0.3, -0.25) is 4.79 Å². The maximum Gasteiger partial charge on any atom is 0.229 e. The highest BCUT2D eigenvalue weighted by Gasteiger charge is 2.16. The van der Waals surface area contributed by atoms with E-state index in [-0.39, 0.29) is 11.9 Å². The molecule has 3 aromatic rings. The predicted octanol–water partition coefficient (Wildman–Crippen LogP) is 4.17. The number of benzene rings is 2. The molecule has 1 saturated heterocycles. The molecule has 0 aliphatic carbocycles. The van der Waals surface area contributed by atoms with Gasteiger partial charge in [0.05, 0.1) is 11.6 Å². The Morgan fingerprint density at radius 3 is 2.89 bits per heavy atom. The van der Waals surface area contributed by atoms with Crippen molar-refractivity contribution >= 4 is 34.1 Å². The Bertz CT molecular complexity index is 967. The highest BCUT2D eigenvalue weighted by atomic mass is 16.5. The molecule has 0 radical (unpaired) electrons. The maximum absolute atomic E-state index is 11.6. The number of ether oxygens (including phenoxy) is 1. The molecular formula is C21H22N4O2. The van der Waals surface area contributed by atoms with Crippen molar-refractivity contribution in [2.45, 2.75) is 25.9 Å². The fourth-order valence-corrected chi connectivity index (χ4v) is 3.23. The molecule has 1 aliphatic heterocycles. The molecule has 0 amide bonds. The zero-order valence-electron chi connectivity index (χ0n) is 15.2. The van der Waals surface area contributed by atoms with E-state index in [1.165, 1.54) is 0 Å². The number of carbonyl (C=O) groups is 1. The molecule has 1 atom stereocenters. The zero-order chi connectivity index (χ0) is 18.6. The molecule has 4 rings (SSSR count). The molecule has 2 aromatic carbocycles. The molecule has 0 unspecified atom stereocenters. The molecule has 6 nitrogen and oxygen atoms in total. The minimum atomic E-state index is 0.0250. The van der Waals surface area contributed by atoms with Crippen molar-refractivity contribution in [3.8, 4) is 0 Å². The van der Waals surface area contributed by atoms with Gasteiger partial charge in [0.25, 0.3) is 0 Å². The first-order valence-corrected chi connectivity index (χ1v) is 9.19. The Morgan fingerprint density at radius 2 is 2.07 bits per heavy atom. The smallest absolute Gasteiger partial charge is 0.229 e. The summed E-state index contributed by atoms with van der Waals surface area (Å²) in [5, 5.41) is 7.60. The molecule has 0 bridgehead atoms. The van der Waals surface area contributed by atoms with Crippen LogP contribution in [0.1, 0.15) is 30.1 Å². The Labute approximate surface area is 158 Å². The largest absolute Gasteiger partial charge is 0.376 e. The third kappa shape index (κ3) is 4.06. The summed E-state index contributed by atoms with van der Waals surface area (Å²) < 4.78 is 5.69. The van der Waals surface area contributed by atoms with Gasteiger partial charge >= 0.3 is 0 Å². The van der Waals surface area contributed by atoms with Crippen LogP contribution in [0.5, 0.6) is 0 Å². The summed E-state index contributed by atoms with van der Waals surface area (Å²) in [4.78, 5) is 20.9. The van der Waals surface area contributed by atoms with Gasteiger partial charge in [-0.05, 0) is 44.0 Å². The van der Waals surface area contributed by atoms with Crippen molar-refractivity contribution in [3.05, 3.63) is 54.1 Å². The number of carbonyl (C=O) groups excluding carboxylic acids is 1. The summed E-state index contributed by atoms with van der Waals surface area (Å²) in [5.74, 6) is 1.29. The van der Waals surface area contributed by atoms with E-state index in [0.29, 0.717) is 11.5 Å². The van der Waals surface area contributed by atoms with Gasteiger partial charge in [0, 0.05) is 29.8 Å². The second kappa shape index (κ2) is 7.72. The SMILES string of the molecule is CC(=O)c1cccc(Nc2nc(NC[C@@H]3CCCO3)c3ccccc3n2)c1. The number of hydrogen-bond acceptors (Lipinski definition) is 6. The third-order valence-corrected chi connectivity index (χ3v) is 4.65. The van der Waals surface area contributed by atoms with Crippen LogP contribution in [-0.2, 0) is 4.74 Å². The van der Waals surface area contributed by atoms with Crippen LogP contribution in [-0.4, -0.2) is 35.0 Å². The lowest BCUT2D eigenvalue weighted by Crippen LogP contribution is -2.19. The van der Waals surface area contributed by atoms with E-state index < -0.39 is 0 Å². The van der Waals surface area contributed by atoms with Crippen molar-refractivity contribution < 1.29 is 9.53 Å². The van der Waals surface area contributed by atoms with Gasteiger partial charge in [-0.15, -0.1) is 0 Å². The van der Waals surface area contributed by atoms with Crippen LogP contribution in [0.4, 0.5) is 17.5 Å². The fourth-order valence-electron chi connectivity index (χ4n) is 3.23. The van der Waals surface area contributed by atoms with E-state index in [0.717, 1.165) is 48.4 Å². The van der Waals surface area contributed by atoms with Crippen molar-refractivity contribution in [2.24, 2.45) is 0 Å². The fraction of sp³-hybridized carbons (Fsp3) is 0.286. The van der Waals surface area contributed by atoms with E-state index >= 15 is 0 Å². The number of aromatic nitrogens is 2. The van der Waals surface area contributed by atoms with Crippen molar-refractivity contribution in [3.63, 3.8) is 0 Å². The first-order chi connectivity index (χ1) is 13.2. The van der Waals surface area contributed by atoms with Crippen LogP contribution < -0.4 is 10.6 Å². The van der Waals surface area contributed by atoms with Crippen molar-refractivity contribution in [2.75, 3.05) is 23.8 Å². The minimum Gasteiger partial charge on any atom is -0.376 e. The number of anilines is 3. The molecule has 0 spiro atoms. The van der Waals surface area contributed by atoms with Crippen LogP contribution in [0.2, 0.25) is 0 Å². The van der Waals surface area contributed by atoms with Crippen molar-refractivity contribution in [1.82, 2.24) is 9.97 Å². The normalized spacial score (nSPS) is 16.4. The lowest BCUT2D eigenvalue weighted by molar-refractivity contribution is 0.101. The number of hydrogen-bond donors (Lipinski definition) is 2. The molecule has 138 valence electrons. The second-order valence-electron chi connectivity index (χ2n) is 6.69. The monoisotopic (exact) mass is 362 g/mol. The molecule has 1 fully saturated rings. The number of fused-ring (bicyclic) bond motifs is 1. The predicted molar refractivity (Wildman–Crippen MR) is 107 cm³/mol. The maximum atomic E-state index is 11.6. The summed E-state index contributed by atoms with van der Waals surface area (Å²) >= 11 is 0. The van der Waals surface area contributed by atoms with Crippen LogP contribution in [0.25, 0.3) is 10.9 Å². The summed E-state index contributed by atoms with van der Waals surface area (Å²) in [6.45, 7) is 3.11. The Kier molecular flexibility index (Phi) is 4.98. The molecule has 1 aromatic heterocycles. The highest BCUT2D eigenvalue weighted by Crippen LogP contribution is 2.24. The van der Waals surface area contributed by atoms with Gasteiger partial charge < -0.3 is 15.4 Å². The molecule has 1 aliphatic rings. The van der Waals surface area contributed by atoms with Gasteiger partial charge in [0.1, 0.15) is 5.82 Å². The summed E-state index contributed by atoms with van der Waals surface area (Å²) in [6, 6.07) is 15.2. The first kappa shape index (κ1) is 17.4. The number of rotatable bonds is 6.